The fraction of sp³-hybridized carbons (Fsp3) is 0.538. The van der Waals surface area contributed by atoms with Gasteiger partial charge in [-0.1, -0.05) is 20.8 Å². The quantitative estimate of drug-likeness (QED) is 0.880. The molecule has 2 heterocycles. The van der Waals surface area contributed by atoms with E-state index in [0.717, 1.165) is 17.0 Å². The van der Waals surface area contributed by atoms with Gasteiger partial charge in [0.15, 0.2) is 5.65 Å². The standard InChI is InChI=1S/C13H19N5/c1-8(2)17-10-9-6-14-12(13(3,4)5)18-11(9)16-7-15-10/h6-8H,1-5H3,(H,14,15,16,17,18). The van der Waals surface area contributed by atoms with Crippen LogP contribution in [0.25, 0.3) is 11.0 Å². The van der Waals surface area contributed by atoms with Gasteiger partial charge in [-0.3, -0.25) is 0 Å². The molecule has 0 aromatic carbocycles. The fourth-order valence-electron chi connectivity index (χ4n) is 1.60. The van der Waals surface area contributed by atoms with E-state index >= 15 is 0 Å². The first-order valence-electron chi connectivity index (χ1n) is 6.12. The summed E-state index contributed by atoms with van der Waals surface area (Å²) in [7, 11) is 0. The third kappa shape index (κ3) is 2.55. The van der Waals surface area contributed by atoms with Gasteiger partial charge >= 0.3 is 0 Å². The van der Waals surface area contributed by atoms with Gasteiger partial charge in [0.25, 0.3) is 0 Å². The number of hydrogen-bond acceptors (Lipinski definition) is 5. The highest BCUT2D eigenvalue weighted by molar-refractivity contribution is 5.85. The van der Waals surface area contributed by atoms with E-state index in [4.69, 9.17) is 0 Å². The highest BCUT2D eigenvalue weighted by atomic mass is 15.1. The summed E-state index contributed by atoms with van der Waals surface area (Å²) in [5.41, 5.74) is 0.609. The Morgan fingerprint density at radius 2 is 1.83 bits per heavy atom. The maximum absolute atomic E-state index is 4.51. The molecule has 0 spiro atoms. The van der Waals surface area contributed by atoms with Gasteiger partial charge in [-0.25, -0.2) is 19.9 Å². The molecular formula is C13H19N5. The second-order valence-electron chi connectivity index (χ2n) is 5.70. The van der Waals surface area contributed by atoms with Crippen molar-refractivity contribution in [1.29, 1.82) is 0 Å². The summed E-state index contributed by atoms with van der Waals surface area (Å²) in [4.78, 5) is 17.4. The predicted molar refractivity (Wildman–Crippen MR) is 72.6 cm³/mol. The Kier molecular flexibility index (Phi) is 3.15. The molecule has 0 aliphatic carbocycles. The second-order valence-corrected chi connectivity index (χ2v) is 5.70. The Hall–Kier alpha value is -1.78. The van der Waals surface area contributed by atoms with Crippen molar-refractivity contribution in [2.24, 2.45) is 0 Å². The molecule has 0 aliphatic rings. The monoisotopic (exact) mass is 245 g/mol. The van der Waals surface area contributed by atoms with Crippen molar-refractivity contribution in [3.8, 4) is 0 Å². The van der Waals surface area contributed by atoms with Crippen molar-refractivity contribution >= 4 is 16.9 Å². The van der Waals surface area contributed by atoms with E-state index in [9.17, 15) is 0 Å². The Morgan fingerprint density at radius 1 is 1.11 bits per heavy atom. The highest BCUT2D eigenvalue weighted by Gasteiger charge is 2.18. The maximum Gasteiger partial charge on any atom is 0.168 e. The van der Waals surface area contributed by atoms with Gasteiger partial charge in [0.05, 0.1) is 5.39 Å². The van der Waals surface area contributed by atoms with Gasteiger partial charge in [-0.15, -0.1) is 0 Å². The van der Waals surface area contributed by atoms with Crippen LogP contribution >= 0.6 is 0 Å². The maximum atomic E-state index is 4.51. The summed E-state index contributed by atoms with van der Waals surface area (Å²) in [6.45, 7) is 10.4. The van der Waals surface area contributed by atoms with Crippen molar-refractivity contribution in [3.63, 3.8) is 0 Å². The lowest BCUT2D eigenvalue weighted by atomic mass is 9.96. The van der Waals surface area contributed by atoms with E-state index in [1.165, 1.54) is 6.33 Å². The minimum atomic E-state index is -0.0786. The van der Waals surface area contributed by atoms with Gasteiger partial charge in [0, 0.05) is 17.7 Å². The first-order valence-corrected chi connectivity index (χ1v) is 6.12. The van der Waals surface area contributed by atoms with Crippen molar-refractivity contribution in [2.45, 2.75) is 46.1 Å². The topological polar surface area (TPSA) is 63.6 Å². The number of aromatic nitrogens is 4. The van der Waals surface area contributed by atoms with Crippen molar-refractivity contribution in [3.05, 3.63) is 18.3 Å². The van der Waals surface area contributed by atoms with E-state index < -0.39 is 0 Å². The molecule has 1 N–H and O–H groups in total. The fourth-order valence-corrected chi connectivity index (χ4v) is 1.60. The van der Waals surface area contributed by atoms with Crippen LogP contribution in [0.1, 0.15) is 40.4 Å². The van der Waals surface area contributed by atoms with Crippen LogP contribution in [0.2, 0.25) is 0 Å². The molecule has 5 heteroatoms. The van der Waals surface area contributed by atoms with Gasteiger partial charge in [0.1, 0.15) is 18.0 Å². The summed E-state index contributed by atoms with van der Waals surface area (Å²) in [5.74, 6) is 1.58. The Balaban J connectivity index is 2.53. The lowest BCUT2D eigenvalue weighted by molar-refractivity contribution is 0.547. The lowest BCUT2D eigenvalue weighted by Gasteiger charge is -2.17. The van der Waals surface area contributed by atoms with Crippen LogP contribution in [0.3, 0.4) is 0 Å². The number of rotatable bonds is 2. The number of nitrogens with zero attached hydrogens (tertiary/aromatic N) is 4. The zero-order valence-corrected chi connectivity index (χ0v) is 11.5. The van der Waals surface area contributed by atoms with E-state index in [1.807, 2.05) is 0 Å². The van der Waals surface area contributed by atoms with E-state index in [1.54, 1.807) is 6.20 Å². The van der Waals surface area contributed by atoms with Crippen LogP contribution in [0.15, 0.2) is 12.5 Å². The largest absolute Gasteiger partial charge is 0.367 e. The Morgan fingerprint density at radius 3 is 2.44 bits per heavy atom. The zero-order chi connectivity index (χ0) is 13.3. The number of hydrogen-bond donors (Lipinski definition) is 1. The Bertz CT molecular complexity index is 557. The zero-order valence-electron chi connectivity index (χ0n) is 11.5. The van der Waals surface area contributed by atoms with Crippen LogP contribution < -0.4 is 5.32 Å². The normalized spacial score (nSPS) is 12.1. The molecule has 0 fully saturated rings. The molecule has 0 saturated carbocycles. The average Bonchev–Trinajstić information content (AvgIpc) is 2.27. The molecule has 0 unspecified atom stereocenters. The summed E-state index contributed by atoms with van der Waals surface area (Å²) >= 11 is 0. The van der Waals surface area contributed by atoms with Crippen LogP contribution in [0.5, 0.6) is 0 Å². The molecule has 5 nitrogen and oxygen atoms in total. The molecule has 2 aromatic rings. The third-order valence-electron chi connectivity index (χ3n) is 2.49. The summed E-state index contributed by atoms with van der Waals surface area (Å²) in [6.07, 6.45) is 3.33. The number of anilines is 1. The minimum absolute atomic E-state index is 0.0786. The van der Waals surface area contributed by atoms with Crippen molar-refractivity contribution < 1.29 is 0 Å². The summed E-state index contributed by atoms with van der Waals surface area (Å²) < 4.78 is 0. The van der Waals surface area contributed by atoms with E-state index in [-0.39, 0.29) is 5.41 Å². The molecule has 0 bridgehead atoms. The minimum Gasteiger partial charge on any atom is -0.367 e. The first kappa shape index (κ1) is 12.7. The number of fused-ring (bicyclic) bond motifs is 1. The predicted octanol–water partition coefficient (Wildman–Crippen LogP) is 2.54. The second kappa shape index (κ2) is 4.48. The number of nitrogens with one attached hydrogen (secondary N) is 1. The van der Waals surface area contributed by atoms with E-state index in [2.05, 4.69) is 59.9 Å². The van der Waals surface area contributed by atoms with Crippen LogP contribution in [-0.4, -0.2) is 26.0 Å². The van der Waals surface area contributed by atoms with Gasteiger partial charge in [-0.05, 0) is 13.8 Å². The SMILES string of the molecule is CC(C)Nc1ncnc2nc(C(C)(C)C)ncc12. The molecular weight excluding hydrogens is 226 g/mol. The van der Waals surface area contributed by atoms with E-state index in [0.29, 0.717) is 11.7 Å². The molecule has 2 aromatic heterocycles. The van der Waals surface area contributed by atoms with Crippen LogP contribution in [-0.2, 0) is 5.41 Å². The molecule has 0 radical (unpaired) electrons. The van der Waals surface area contributed by atoms with Gasteiger partial charge < -0.3 is 5.32 Å². The smallest absolute Gasteiger partial charge is 0.168 e. The van der Waals surface area contributed by atoms with Gasteiger partial charge in [-0.2, -0.15) is 0 Å². The molecule has 2 rings (SSSR count). The highest BCUT2D eigenvalue weighted by Crippen LogP contribution is 2.22. The first-order chi connectivity index (χ1) is 8.38. The molecule has 96 valence electrons. The van der Waals surface area contributed by atoms with Crippen molar-refractivity contribution in [2.75, 3.05) is 5.32 Å². The lowest BCUT2D eigenvalue weighted by Crippen LogP contribution is -2.17. The molecule has 0 atom stereocenters. The van der Waals surface area contributed by atoms with Gasteiger partial charge in [0.2, 0.25) is 0 Å². The molecule has 18 heavy (non-hydrogen) atoms. The average molecular weight is 245 g/mol. The van der Waals surface area contributed by atoms with Crippen LogP contribution in [0.4, 0.5) is 5.82 Å². The molecule has 0 saturated heterocycles. The third-order valence-corrected chi connectivity index (χ3v) is 2.49. The molecule has 0 aliphatic heterocycles. The summed E-state index contributed by atoms with van der Waals surface area (Å²) in [6, 6.07) is 0.311. The molecule has 0 amide bonds. The van der Waals surface area contributed by atoms with Crippen LogP contribution in [0, 0.1) is 0 Å². The Labute approximate surface area is 107 Å². The summed E-state index contributed by atoms with van der Waals surface area (Å²) in [5, 5.41) is 4.14. The van der Waals surface area contributed by atoms with Crippen molar-refractivity contribution in [1.82, 2.24) is 19.9 Å².